The van der Waals surface area contributed by atoms with E-state index in [2.05, 4.69) is 0 Å². The number of amides is 1. The molecule has 0 unspecified atom stereocenters. The Hall–Kier alpha value is -2.37. The predicted molar refractivity (Wildman–Crippen MR) is 75.3 cm³/mol. The van der Waals surface area contributed by atoms with Crippen molar-refractivity contribution in [2.45, 2.75) is 26.2 Å². The average Bonchev–Trinajstić information content (AvgIpc) is 2.50. The zero-order chi connectivity index (χ0) is 15.7. The molecule has 0 saturated heterocycles. The SMILES string of the molecule is CCCC[C@H](CN(C=O)OC(=O)c1ccccc1)C(=O)O. The Kier molecular flexibility index (Phi) is 6.94. The Labute approximate surface area is 123 Å². The van der Waals surface area contributed by atoms with Crippen molar-refractivity contribution in [2.24, 2.45) is 5.92 Å². The van der Waals surface area contributed by atoms with Crippen molar-refractivity contribution in [2.75, 3.05) is 6.54 Å². The van der Waals surface area contributed by atoms with Gasteiger partial charge in [-0.25, -0.2) is 4.79 Å². The highest BCUT2D eigenvalue weighted by atomic mass is 16.7. The molecule has 1 rings (SSSR count). The minimum absolute atomic E-state index is 0.155. The quantitative estimate of drug-likeness (QED) is 0.557. The molecule has 1 N–H and O–H groups in total. The summed E-state index contributed by atoms with van der Waals surface area (Å²) in [5.41, 5.74) is 0.296. The molecule has 21 heavy (non-hydrogen) atoms. The molecular weight excluding hydrogens is 274 g/mol. The Bertz CT molecular complexity index is 474. The summed E-state index contributed by atoms with van der Waals surface area (Å²) in [5, 5.41) is 9.85. The summed E-state index contributed by atoms with van der Waals surface area (Å²) in [5.74, 6) is -2.45. The summed E-state index contributed by atoms with van der Waals surface area (Å²) in [6.07, 6.45) is 2.34. The zero-order valence-corrected chi connectivity index (χ0v) is 11.9. The Morgan fingerprint density at radius 1 is 1.33 bits per heavy atom. The van der Waals surface area contributed by atoms with Gasteiger partial charge in [0.1, 0.15) is 0 Å². The molecule has 0 aliphatic heterocycles. The van der Waals surface area contributed by atoms with Crippen molar-refractivity contribution in [3.8, 4) is 0 Å². The normalized spacial score (nSPS) is 11.5. The molecule has 0 aliphatic carbocycles. The third kappa shape index (κ3) is 5.64. The smallest absolute Gasteiger partial charge is 0.363 e. The first-order chi connectivity index (χ1) is 10.1. The lowest BCUT2D eigenvalue weighted by Crippen LogP contribution is -2.34. The minimum atomic E-state index is -1.01. The van der Waals surface area contributed by atoms with Crippen LogP contribution in [0.2, 0.25) is 0 Å². The number of carboxylic acids is 1. The van der Waals surface area contributed by atoms with Crippen molar-refractivity contribution in [3.63, 3.8) is 0 Å². The van der Waals surface area contributed by atoms with Gasteiger partial charge in [0, 0.05) is 0 Å². The van der Waals surface area contributed by atoms with Crippen LogP contribution < -0.4 is 0 Å². The summed E-state index contributed by atoms with van der Waals surface area (Å²) in [7, 11) is 0. The number of unbranched alkanes of at least 4 members (excludes halogenated alkanes) is 1. The third-order valence-electron chi connectivity index (χ3n) is 2.98. The molecule has 0 heterocycles. The molecule has 0 aromatic heterocycles. The number of nitrogens with zero attached hydrogens (tertiary/aromatic N) is 1. The molecule has 0 saturated carbocycles. The Balaban J connectivity index is 2.63. The van der Waals surface area contributed by atoms with Gasteiger partial charge < -0.3 is 9.94 Å². The Morgan fingerprint density at radius 3 is 2.52 bits per heavy atom. The van der Waals surface area contributed by atoms with E-state index in [1.54, 1.807) is 30.3 Å². The molecule has 6 heteroatoms. The summed E-state index contributed by atoms with van der Waals surface area (Å²) >= 11 is 0. The second-order valence-electron chi connectivity index (χ2n) is 4.63. The predicted octanol–water partition coefficient (Wildman–Crippen LogP) is 2.11. The van der Waals surface area contributed by atoms with Gasteiger partial charge in [-0.1, -0.05) is 38.0 Å². The van der Waals surface area contributed by atoms with Gasteiger partial charge in [0.25, 0.3) is 0 Å². The van der Waals surface area contributed by atoms with E-state index in [-0.39, 0.29) is 6.54 Å². The molecule has 1 atom stereocenters. The third-order valence-corrected chi connectivity index (χ3v) is 2.98. The van der Waals surface area contributed by atoms with Crippen LogP contribution in [0.1, 0.15) is 36.5 Å². The molecule has 1 aromatic rings. The van der Waals surface area contributed by atoms with Crippen LogP contribution in [0.4, 0.5) is 0 Å². The van der Waals surface area contributed by atoms with Gasteiger partial charge in [0.2, 0.25) is 6.41 Å². The molecule has 0 aliphatic rings. The van der Waals surface area contributed by atoms with E-state index in [9.17, 15) is 14.4 Å². The molecule has 1 aromatic carbocycles. The summed E-state index contributed by atoms with van der Waals surface area (Å²) in [6.45, 7) is 1.79. The number of aliphatic carboxylic acids is 1. The number of carboxylic acid groups (broad SMARTS) is 1. The summed E-state index contributed by atoms with van der Waals surface area (Å²) in [6, 6.07) is 8.19. The molecule has 6 nitrogen and oxygen atoms in total. The second-order valence-corrected chi connectivity index (χ2v) is 4.63. The van der Waals surface area contributed by atoms with Crippen LogP contribution in [0.25, 0.3) is 0 Å². The first-order valence-corrected chi connectivity index (χ1v) is 6.80. The molecule has 114 valence electrons. The first kappa shape index (κ1) is 16.7. The van der Waals surface area contributed by atoms with Gasteiger partial charge in [-0.2, -0.15) is 5.06 Å². The van der Waals surface area contributed by atoms with Crippen LogP contribution in [0.3, 0.4) is 0 Å². The van der Waals surface area contributed by atoms with E-state index in [4.69, 9.17) is 9.94 Å². The summed E-state index contributed by atoms with van der Waals surface area (Å²) < 4.78 is 0. The number of carbonyl (C=O) groups excluding carboxylic acids is 2. The van der Waals surface area contributed by atoms with Crippen molar-refractivity contribution in [1.82, 2.24) is 5.06 Å². The maximum Gasteiger partial charge on any atom is 0.363 e. The lowest BCUT2D eigenvalue weighted by atomic mass is 10.0. The van der Waals surface area contributed by atoms with Gasteiger partial charge in [-0.15, -0.1) is 0 Å². The monoisotopic (exact) mass is 293 g/mol. The van der Waals surface area contributed by atoms with Gasteiger partial charge in [-0.05, 0) is 18.6 Å². The number of hydrogen-bond acceptors (Lipinski definition) is 4. The molecule has 0 spiro atoms. The van der Waals surface area contributed by atoms with E-state index in [0.29, 0.717) is 18.4 Å². The number of carbonyl (C=O) groups is 3. The number of hydroxylamine groups is 2. The second kappa shape index (κ2) is 8.73. The fraction of sp³-hybridized carbons (Fsp3) is 0.400. The molecule has 0 radical (unpaired) electrons. The van der Waals surface area contributed by atoms with Gasteiger partial charge in [-0.3, -0.25) is 9.59 Å². The van der Waals surface area contributed by atoms with E-state index >= 15 is 0 Å². The van der Waals surface area contributed by atoms with Crippen LogP contribution >= 0.6 is 0 Å². The van der Waals surface area contributed by atoms with Gasteiger partial charge in [0.15, 0.2) is 0 Å². The van der Waals surface area contributed by atoms with Crippen LogP contribution in [0, 0.1) is 5.92 Å². The molecular formula is C15H19NO5. The minimum Gasteiger partial charge on any atom is -0.481 e. The maximum absolute atomic E-state index is 11.8. The van der Waals surface area contributed by atoms with E-state index in [1.807, 2.05) is 6.92 Å². The first-order valence-electron chi connectivity index (χ1n) is 6.80. The molecule has 1 amide bonds. The van der Waals surface area contributed by atoms with Gasteiger partial charge in [0.05, 0.1) is 18.0 Å². The fourth-order valence-electron chi connectivity index (χ4n) is 1.80. The van der Waals surface area contributed by atoms with Gasteiger partial charge >= 0.3 is 11.9 Å². The Morgan fingerprint density at radius 2 is 2.00 bits per heavy atom. The largest absolute Gasteiger partial charge is 0.481 e. The van der Waals surface area contributed by atoms with Crippen molar-refractivity contribution in [3.05, 3.63) is 35.9 Å². The summed E-state index contributed by atoms with van der Waals surface area (Å²) in [4.78, 5) is 38.8. The molecule has 0 bridgehead atoms. The average molecular weight is 293 g/mol. The van der Waals surface area contributed by atoms with Crippen molar-refractivity contribution in [1.29, 1.82) is 0 Å². The van der Waals surface area contributed by atoms with E-state index < -0.39 is 17.9 Å². The van der Waals surface area contributed by atoms with Crippen molar-refractivity contribution < 1.29 is 24.3 Å². The fourth-order valence-corrected chi connectivity index (χ4v) is 1.80. The number of rotatable bonds is 9. The molecule has 0 fully saturated rings. The number of benzene rings is 1. The lowest BCUT2D eigenvalue weighted by molar-refractivity contribution is -0.161. The van der Waals surface area contributed by atoms with E-state index in [0.717, 1.165) is 17.9 Å². The van der Waals surface area contributed by atoms with E-state index in [1.165, 1.54) is 0 Å². The van der Waals surface area contributed by atoms with Crippen LogP contribution in [0.5, 0.6) is 0 Å². The topological polar surface area (TPSA) is 83.9 Å². The van der Waals surface area contributed by atoms with Crippen LogP contribution in [0.15, 0.2) is 30.3 Å². The zero-order valence-electron chi connectivity index (χ0n) is 11.9. The maximum atomic E-state index is 11.8. The van der Waals surface area contributed by atoms with Crippen LogP contribution in [-0.2, 0) is 14.4 Å². The highest BCUT2D eigenvalue weighted by Gasteiger charge is 2.22. The lowest BCUT2D eigenvalue weighted by Gasteiger charge is -2.20. The highest BCUT2D eigenvalue weighted by Crippen LogP contribution is 2.12. The van der Waals surface area contributed by atoms with Crippen LogP contribution in [-0.4, -0.2) is 35.1 Å². The standard InChI is InChI=1S/C15H19NO5/c1-2-3-7-13(14(18)19)10-16(11-17)21-15(20)12-8-5-4-6-9-12/h4-6,8-9,11,13H,2-3,7,10H2,1H3,(H,18,19)/t13-/m1/s1. The highest BCUT2D eigenvalue weighted by molar-refractivity contribution is 5.89. The van der Waals surface area contributed by atoms with Crippen molar-refractivity contribution >= 4 is 18.3 Å². The number of hydrogen-bond donors (Lipinski definition) is 1.